The fourth-order valence-electron chi connectivity index (χ4n) is 9.21. The molecule has 2 heterocycles. The summed E-state index contributed by atoms with van der Waals surface area (Å²) in [5, 5.41) is 1.69. The normalized spacial score (nSPS) is 16.3. The molecule has 0 saturated heterocycles. The van der Waals surface area contributed by atoms with Crippen LogP contribution in [0.2, 0.25) is 0 Å². The van der Waals surface area contributed by atoms with Crippen molar-refractivity contribution < 1.29 is 36.0 Å². The van der Waals surface area contributed by atoms with E-state index in [1.54, 1.807) is 14.2 Å². The van der Waals surface area contributed by atoms with Gasteiger partial charge in [0, 0.05) is 44.5 Å². The van der Waals surface area contributed by atoms with Crippen LogP contribution in [0.5, 0.6) is 28.7 Å². The Hall–Kier alpha value is -5.29. The number of methoxy groups -OCH3 is 2. The third-order valence-electron chi connectivity index (χ3n) is 12.1. The van der Waals surface area contributed by atoms with Gasteiger partial charge >= 0.3 is 16.8 Å². The van der Waals surface area contributed by atoms with Crippen molar-refractivity contribution in [1.29, 1.82) is 0 Å². The summed E-state index contributed by atoms with van der Waals surface area (Å²) in [5.41, 5.74) is 14.1. The van der Waals surface area contributed by atoms with Gasteiger partial charge in [0.15, 0.2) is 0 Å². The van der Waals surface area contributed by atoms with Crippen LogP contribution in [0.25, 0.3) is 33.1 Å². The van der Waals surface area contributed by atoms with Crippen LogP contribution in [0, 0.1) is 41.5 Å². The fourth-order valence-corrected chi connectivity index (χ4v) is 11.7. The lowest BCUT2D eigenvalue weighted by atomic mass is 9.83. The summed E-state index contributed by atoms with van der Waals surface area (Å²) in [4.78, 5) is 0. The number of hydrogen-bond donors (Lipinski definition) is 0. The lowest BCUT2D eigenvalue weighted by Crippen LogP contribution is -2.12. The monoisotopic (exact) mass is 900 g/mol. The van der Waals surface area contributed by atoms with E-state index in [0.29, 0.717) is 22.7 Å². The van der Waals surface area contributed by atoms with E-state index in [0.717, 1.165) is 101 Å². The largest absolute Gasteiger partial charge is 0.530 e. The molecular formula is C54H62O8P2. The average molecular weight is 901 g/mol. The highest BCUT2D eigenvalue weighted by atomic mass is 31.2. The molecule has 2 unspecified atom stereocenters. The van der Waals surface area contributed by atoms with Crippen LogP contribution in [0.15, 0.2) is 92.0 Å². The first-order chi connectivity index (χ1) is 30.1. The molecule has 0 bridgehead atoms. The van der Waals surface area contributed by atoms with Gasteiger partial charge in [0.1, 0.15) is 45.7 Å². The molecule has 0 N–H and O–H groups in total. The summed E-state index contributed by atoms with van der Waals surface area (Å²) in [6.45, 7) is 29.9. The van der Waals surface area contributed by atoms with Crippen molar-refractivity contribution in [2.24, 2.45) is 0 Å². The summed E-state index contributed by atoms with van der Waals surface area (Å²) in [5.74, 6) is 4.49. The summed E-state index contributed by atoms with van der Waals surface area (Å²) < 4.78 is 54.1. The summed E-state index contributed by atoms with van der Waals surface area (Å²) in [6.07, 6.45) is 3.07. The van der Waals surface area contributed by atoms with Crippen LogP contribution in [-0.2, 0) is 15.4 Å². The van der Waals surface area contributed by atoms with Crippen molar-refractivity contribution in [3.63, 3.8) is 0 Å². The third-order valence-corrected chi connectivity index (χ3v) is 14.2. The first-order valence-electron chi connectivity index (χ1n) is 22.0. The Morgan fingerprint density at radius 3 is 1.55 bits per heavy atom. The highest BCUT2D eigenvalue weighted by Gasteiger charge is 2.38. The molecule has 1 aliphatic carbocycles. The molecule has 2 atom stereocenters. The number of fused-ring (bicyclic) bond motifs is 6. The Balaban J connectivity index is 1.34. The maximum Gasteiger partial charge on any atom is 0.530 e. The molecular weight excluding hydrogens is 839 g/mol. The van der Waals surface area contributed by atoms with Crippen molar-refractivity contribution in [1.82, 2.24) is 0 Å². The minimum Gasteiger partial charge on any atom is -0.497 e. The molecule has 0 fully saturated rings. The Labute approximate surface area is 381 Å². The first-order valence-corrected chi connectivity index (χ1v) is 24.2. The van der Waals surface area contributed by atoms with Crippen molar-refractivity contribution in [2.75, 3.05) is 14.2 Å². The zero-order valence-corrected chi connectivity index (χ0v) is 42.1. The average Bonchev–Trinajstić information content (AvgIpc) is 3.46. The summed E-state index contributed by atoms with van der Waals surface area (Å²) in [7, 11) is -0.668. The number of rotatable bonds is 7. The van der Waals surface area contributed by atoms with E-state index in [2.05, 4.69) is 152 Å². The van der Waals surface area contributed by atoms with Gasteiger partial charge in [-0.25, -0.2) is 0 Å². The van der Waals surface area contributed by atoms with Gasteiger partial charge in [-0.1, -0.05) is 83.0 Å². The molecule has 6 aromatic rings. The number of allylic oxidation sites excluding steroid dienone is 4. The highest BCUT2D eigenvalue weighted by Crippen LogP contribution is 2.58. The van der Waals surface area contributed by atoms with E-state index in [-0.39, 0.29) is 16.7 Å². The van der Waals surface area contributed by atoms with E-state index >= 15 is 0 Å². The van der Waals surface area contributed by atoms with E-state index < -0.39 is 16.8 Å². The predicted octanol–water partition coefficient (Wildman–Crippen LogP) is 16.7. The van der Waals surface area contributed by atoms with Crippen molar-refractivity contribution >= 4 is 38.8 Å². The molecule has 8 nitrogen and oxygen atoms in total. The van der Waals surface area contributed by atoms with E-state index in [4.69, 9.17) is 36.0 Å². The van der Waals surface area contributed by atoms with Gasteiger partial charge in [0.05, 0.1) is 14.2 Å². The predicted molar refractivity (Wildman–Crippen MR) is 263 cm³/mol. The molecule has 0 radical (unpaired) electrons. The lowest BCUT2D eigenvalue weighted by molar-refractivity contribution is 0.320. The molecule has 8 rings (SSSR count). The maximum atomic E-state index is 7.21. The molecule has 10 heteroatoms. The molecule has 0 saturated carbocycles. The molecule has 0 amide bonds. The van der Waals surface area contributed by atoms with Gasteiger partial charge < -0.3 is 36.0 Å². The molecule has 2 aliphatic rings. The number of aryl methyl sites for hydroxylation is 6. The Morgan fingerprint density at radius 2 is 1.05 bits per heavy atom. The summed E-state index contributed by atoms with van der Waals surface area (Å²) >= 11 is 0. The minimum absolute atomic E-state index is 0.0321. The van der Waals surface area contributed by atoms with Crippen LogP contribution < -0.4 is 23.0 Å². The van der Waals surface area contributed by atoms with Gasteiger partial charge in [-0.05, 0) is 142 Å². The van der Waals surface area contributed by atoms with E-state index in [9.17, 15) is 0 Å². The highest BCUT2D eigenvalue weighted by molar-refractivity contribution is 7.42. The van der Waals surface area contributed by atoms with Gasteiger partial charge in [0.25, 0.3) is 0 Å². The summed E-state index contributed by atoms with van der Waals surface area (Å²) in [6, 6.07) is 21.1. The van der Waals surface area contributed by atoms with Gasteiger partial charge in [-0.3, -0.25) is 0 Å². The molecule has 1 aromatic heterocycles. The quantitative estimate of drug-likeness (QED) is 0.147. The molecule has 5 aromatic carbocycles. The SMILES string of the molecule is COc1cc(C(C)(C)C)c2op(Oc3c(C)cc(C)cc3-c3cc(C)cc(C)c3OP3OC4=C(C)C=C(C)CC4c4cc(C)cc(C)c4O3)oc3c(C(C)(C)C)cc(OC)cc3c2c1. The standard InChI is InChI=1S/C54H62O8P2/c1-29-17-33(5)47-39(21-29)40-22-30(2)18-34(6)48(40)58-63(57-47)59-49-35(7)19-31(3)23-41(49)42-24-32(4)20-36(8)50(42)60-64-61-51-43(25-37(55-15)27-45(51)53(9,10)11)44-26-38(56-16)28-46(52(44)62-64)54(12,13)14/h17-21,23-28,40H,22H2,1-16H3. The molecule has 0 spiro atoms. The maximum absolute atomic E-state index is 7.21. The van der Waals surface area contributed by atoms with E-state index in [1.807, 2.05) is 12.1 Å². The fraction of sp³-hybridized carbons (Fsp3) is 0.370. The second-order valence-corrected chi connectivity index (χ2v) is 21.8. The van der Waals surface area contributed by atoms with Crippen LogP contribution in [0.1, 0.15) is 118 Å². The molecule has 1 aliphatic heterocycles. The second kappa shape index (κ2) is 16.9. The van der Waals surface area contributed by atoms with Crippen LogP contribution in [-0.4, -0.2) is 14.2 Å². The minimum atomic E-state index is -2.11. The zero-order valence-electron chi connectivity index (χ0n) is 40.3. The number of benzene rings is 5. The smallest absolute Gasteiger partial charge is 0.497 e. The van der Waals surface area contributed by atoms with Crippen molar-refractivity contribution in [2.45, 2.75) is 120 Å². The van der Waals surface area contributed by atoms with Crippen molar-refractivity contribution in [3.05, 3.63) is 134 Å². The number of hydrogen-bond acceptors (Lipinski definition) is 8. The first kappa shape index (κ1) is 45.3. The van der Waals surface area contributed by atoms with Gasteiger partial charge in [-0.2, -0.15) is 0 Å². The van der Waals surface area contributed by atoms with Crippen LogP contribution in [0.4, 0.5) is 0 Å². The lowest BCUT2D eigenvalue weighted by Gasteiger charge is -2.26. The number of ether oxygens (including phenoxy) is 2. The van der Waals surface area contributed by atoms with Gasteiger partial charge in [0.2, 0.25) is 0 Å². The van der Waals surface area contributed by atoms with Crippen LogP contribution in [0.3, 0.4) is 0 Å². The Morgan fingerprint density at radius 1 is 0.562 bits per heavy atom. The van der Waals surface area contributed by atoms with Crippen LogP contribution >= 0.6 is 16.8 Å². The topological polar surface area (TPSA) is 81.7 Å². The Bertz CT molecular complexity index is 2870. The Kier molecular flexibility index (Phi) is 12.0. The third kappa shape index (κ3) is 8.64. The van der Waals surface area contributed by atoms with Gasteiger partial charge in [-0.15, -0.1) is 0 Å². The molecule has 336 valence electrons. The van der Waals surface area contributed by atoms with E-state index in [1.165, 1.54) is 11.1 Å². The zero-order chi connectivity index (χ0) is 46.2. The molecule has 64 heavy (non-hydrogen) atoms. The second-order valence-electron chi connectivity index (χ2n) is 19.8. The van der Waals surface area contributed by atoms with Crippen molar-refractivity contribution in [3.8, 4) is 39.9 Å².